The Kier molecular flexibility index (Phi) is 6.31. The largest absolute Gasteiger partial charge is 0.376 e. The van der Waals surface area contributed by atoms with Gasteiger partial charge in [0.2, 0.25) is 11.8 Å². The van der Waals surface area contributed by atoms with E-state index in [0.29, 0.717) is 18.5 Å². The summed E-state index contributed by atoms with van der Waals surface area (Å²) in [4.78, 5) is 24.5. The molecule has 0 radical (unpaired) electrons. The summed E-state index contributed by atoms with van der Waals surface area (Å²) in [6.45, 7) is 4.58. The smallest absolute Gasteiger partial charge is 0.235 e. The number of benzene rings is 1. The number of ether oxygens (including phenoxy) is 1. The first-order valence-corrected chi connectivity index (χ1v) is 8.33. The number of amides is 2. The van der Waals surface area contributed by atoms with Crippen LogP contribution in [0.1, 0.15) is 32.3 Å². The maximum absolute atomic E-state index is 13.5. The number of carbonyl (C=O) groups is 2. The molecule has 0 saturated carbocycles. The van der Waals surface area contributed by atoms with Gasteiger partial charge in [0, 0.05) is 19.7 Å². The minimum atomic E-state index is -1.19. The molecule has 1 aromatic carbocycles. The molecular weight excluding hydrogens is 311 g/mol. The summed E-state index contributed by atoms with van der Waals surface area (Å²) < 4.78 is 19.0. The topological polar surface area (TPSA) is 67.4 Å². The van der Waals surface area contributed by atoms with Crippen molar-refractivity contribution < 1.29 is 18.7 Å². The van der Waals surface area contributed by atoms with Gasteiger partial charge in [0.15, 0.2) is 0 Å². The molecule has 1 fully saturated rings. The molecule has 1 aliphatic heterocycles. The van der Waals surface area contributed by atoms with Crippen molar-refractivity contribution in [2.45, 2.75) is 39.2 Å². The van der Waals surface area contributed by atoms with Gasteiger partial charge in [-0.3, -0.25) is 9.59 Å². The molecule has 2 N–H and O–H groups in total. The lowest BCUT2D eigenvalue weighted by atomic mass is 9.91. The minimum Gasteiger partial charge on any atom is -0.376 e. The average molecular weight is 336 g/mol. The van der Waals surface area contributed by atoms with Crippen LogP contribution in [0.15, 0.2) is 24.3 Å². The first-order valence-electron chi connectivity index (χ1n) is 8.33. The minimum absolute atomic E-state index is 0.0360. The molecule has 0 aliphatic carbocycles. The van der Waals surface area contributed by atoms with Gasteiger partial charge in [-0.1, -0.05) is 18.2 Å². The fourth-order valence-electron chi connectivity index (χ4n) is 2.57. The molecule has 24 heavy (non-hydrogen) atoms. The average Bonchev–Trinajstić information content (AvgIpc) is 3.07. The highest BCUT2D eigenvalue weighted by atomic mass is 19.1. The molecule has 132 valence electrons. The highest BCUT2D eigenvalue weighted by Crippen LogP contribution is 2.17. The predicted octanol–water partition coefficient (Wildman–Crippen LogP) is 1.81. The molecule has 0 aromatic heterocycles. The molecular formula is C18H25FN2O3. The number of hydrogen-bond donors (Lipinski definition) is 2. The molecule has 2 amide bonds. The van der Waals surface area contributed by atoms with Crippen molar-refractivity contribution in [3.05, 3.63) is 35.6 Å². The van der Waals surface area contributed by atoms with Crippen LogP contribution in [0.2, 0.25) is 0 Å². The standard InChI is InChI=1S/C18H25FN2O3/c1-18(2,17(23)21-12-14-7-5-11-24-14)16(22)20-10-9-13-6-3-4-8-15(13)19/h3-4,6,8,14H,5,7,9-12H2,1-2H3,(H,20,22)(H,21,23). The van der Waals surface area contributed by atoms with Crippen LogP contribution in [0.25, 0.3) is 0 Å². The summed E-state index contributed by atoms with van der Waals surface area (Å²) in [6, 6.07) is 6.45. The number of nitrogens with one attached hydrogen (secondary N) is 2. The van der Waals surface area contributed by atoms with Crippen molar-refractivity contribution in [2.24, 2.45) is 5.41 Å². The van der Waals surface area contributed by atoms with Gasteiger partial charge >= 0.3 is 0 Å². The van der Waals surface area contributed by atoms with Crippen molar-refractivity contribution in [1.82, 2.24) is 10.6 Å². The molecule has 5 nitrogen and oxygen atoms in total. The fourth-order valence-corrected chi connectivity index (χ4v) is 2.57. The van der Waals surface area contributed by atoms with Gasteiger partial charge < -0.3 is 15.4 Å². The third kappa shape index (κ3) is 4.77. The summed E-state index contributed by atoms with van der Waals surface area (Å²) in [6.07, 6.45) is 2.34. The second-order valence-electron chi connectivity index (χ2n) is 6.57. The van der Waals surface area contributed by atoms with Gasteiger partial charge in [-0.25, -0.2) is 4.39 Å². The van der Waals surface area contributed by atoms with Gasteiger partial charge in [0.05, 0.1) is 6.10 Å². The van der Waals surface area contributed by atoms with Crippen molar-refractivity contribution in [1.29, 1.82) is 0 Å². The third-order valence-electron chi connectivity index (χ3n) is 4.29. The van der Waals surface area contributed by atoms with Gasteiger partial charge in [-0.15, -0.1) is 0 Å². The van der Waals surface area contributed by atoms with Crippen LogP contribution in [0.4, 0.5) is 4.39 Å². The van der Waals surface area contributed by atoms with E-state index >= 15 is 0 Å². The van der Waals surface area contributed by atoms with Crippen molar-refractivity contribution in [2.75, 3.05) is 19.7 Å². The fraction of sp³-hybridized carbons (Fsp3) is 0.556. The van der Waals surface area contributed by atoms with Crippen LogP contribution in [0.3, 0.4) is 0 Å². The SMILES string of the molecule is CC(C)(C(=O)NCCc1ccccc1F)C(=O)NCC1CCCO1. The molecule has 1 saturated heterocycles. The molecule has 0 bridgehead atoms. The first-order chi connectivity index (χ1) is 11.4. The molecule has 1 unspecified atom stereocenters. The van der Waals surface area contributed by atoms with Crippen LogP contribution in [0, 0.1) is 11.2 Å². The zero-order valence-corrected chi connectivity index (χ0v) is 14.2. The van der Waals surface area contributed by atoms with E-state index in [1.165, 1.54) is 6.07 Å². The second kappa shape index (κ2) is 8.24. The number of rotatable bonds is 7. The Balaban J connectivity index is 1.78. The second-order valence-corrected chi connectivity index (χ2v) is 6.57. The Morgan fingerprint density at radius 2 is 1.96 bits per heavy atom. The Hall–Kier alpha value is -1.95. The van der Waals surface area contributed by atoms with Crippen LogP contribution in [-0.2, 0) is 20.7 Å². The zero-order chi connectivity index (χ0) is 17.6. The van der Waals surface area contributed by atoms with Crippen LogP contribution >= 0.6 is 0 Å². The molecule has 1 heterocycles. The lowest BCUT2D eigenvalue weighted by Crippen LogP contribution is -2.49. The quantitative estimate of drug-likeness (QED) is 0.746. The van der Waals surface area contributed by atoms with E-state index in [2.05, 4.69) is 10.6 Å². The van der Waals surface area contributed by atoms with E-state index in [4.69, 9.17) is 4.74 Å². The van der Waals surface area contributed by atoms with Crippen LogP contribution in [-0.4, -0.2) is 37.6 Å². The van der Waals surface area contributed by atoms with Crippen molar-refractivity contribution in [3.8, 4) is 0 Å². The number of carbonyl (C=O) groups excluding carboxylic acids is 2. The summed E-state index contributed by atoms with van der Waals surface area (Å²) in [5, 5.41) is 5.49. The Morgan fingerprint density at radius 1 is 1.25 bits per heavy atom. The normalized spacial score (nSPS) is 17.5. The van der Waals surface area contributed by atoms with Gasteiger partial charge in [-0.2, -0.15) is 0 Å². The predicted molar refractivity (Wildman–Crippen MR) is 88.9 cm³/mol. The Labute approximate surface area is 142 Å². The molecule has 2 rings (SSSR count). The number of halogens is 1. The van der Waals surface area contributed by atoms with E-state index in [9.17, 15) is 14.0 Å². The maximum Gasteiger partial charge on any atom is 0.235 e. The summed E-state index contributed by atoms with van der Waals surface area (Å²) in [7, 11) is 0. The van der Waals surface area contributed by atoms with E-state index < -0.39 is 5.41 Å². The Morgan fingerprint density at radius 3 is 2.62 bits per heavy atom. The lowest BCUT2D eigenvalue weighted by Gasteiger charge is -2.23. The van der Waals surface area contributed by atoms with Gasteiger partial charge in [0.1, 0.15) is 11.2 Å². The summed E-state index contributed by atoms with van der Waals surface area (Å²) in [5.41, 5.74) is -0.646. The van der Waals surface area contributed by atoms with Crippen LogP contribution < -0.4 is 10.6 Å². The highest BCUT2D eigenvalue weighted by molar-refractivity contribution is 6.04. The van der Waals surface area contributed by atoms with E-state index in [1.54, 1.807) is 32.0 Å². The summed E-state index contributed by atoms with van der Waals surface area (Å²) >= 11 is 0. The van der Waals surface area contributed by atoms with Gasteiger partial charge in [0.25, 0.3) is 0 Å². The molecule has 6 heteroatoms. The van der Waals surface area contributed by atoms with Crippen molar-refractivity contribution >= 4 is 11.8 Å². The number of hydrogen-bond acceptors (Lipinski definition) is 3. The van der Waals surface area contributed by atoms with E-state index in [0.717, 1.165) is 19.4 Å². The lowest BCUT2D eigenvalue weighted by molar-refractivity contribution is -0.141. The zero-order valence-electron chi connectivity index (χ0n) is 14.2. The van der Waals surface area contributed by atoms with E-state index in [-0.39, 0.29) is 30.3 Å². The molecule has 1 atom stereocenters. The monoisotopic (exact) mass is 336 g/mol. The highest BCUT2D eigenvalue weighted by Gasteiger charge is 2.36. The molecule has 1 aromatic rings. The summed E-state index contributed by atoms with van der Waals surface area (Å²) in [5.74, 6) is -0.995. The molecule has 1 aliphatic rings. The van der Waals surface area contributed by atoms with Crippen molar-refractivity contribution in [3.63, 3.8) is 0 Å². The van der Waals surface area contributed by atoms with Gasteiger partial charge in [-0.05, 0) is 44.7 Å². The van der Waals surface area contributed by atoms with Crippen LogP contribution in [0.5, 0.6) is 0 Å². The first kappa shape index (κ1) is 18.4. The molecule has 0 spiro atoms. The van der Waals surface area contributed by atoms with E-state index in [1.807, 2.05) is 0 Å². The third-order valence-corrected chi connectivity index (χ3v) is 4.29. The Bertz CT molecular complexity index is 583. The maximum atomic E-state index is 13.5.